The number of hydrogen-bond donors (Lipinski definition) is 2. The number of ether oxygens (including phenoxy) is 2. The lowest BCUT2D eigenvalue weighted by Crippen LogP contribution is -2.42. The second-order valence-corrected chi connectivity index (χ2v) is 9.00. The molecule has 1 atom stereocenters. The van der Waals surface area contributed by atoms with Crippen LogP contribution in [-0.4, -0.2) is 38.4 Å². The zero-order chi connectivity index (χ0) is 20.5. The second kappa shape index (κ2) is 13.3. The van der Waals surface area contributed by atoms with Gasteiger partial charge in [0, 0.05) is 49.0 Å². The van der Waals surface area contributed by atoms with Crippen LogP contribution in [-0.2, 0) is 29.0 Å². The summed E-state index contributed by atoms with van der Waals surface area (Å²) in [5.41, 5.74) is 2.44. The van der Waals surface area contributed by atoms with Gasteiger partial charge in [0.15, 0.2) is 5.96 Å². The van der Waals surface area contributed by atoms with Crippen LogP contribution in [0.4, 0.5) is 0 Å². The Morgan fingerprint density at radius 1 is 1.17 bits per heavy atom. The number of guanidine groups is 1. The highest BCUT2D eigenvalue weighted by molar-refractivity contribution is 14.0. The number of aliphatic imine (C=N–C) groups is 1. The number of benzene rings is 1. The molecule has 0 spiro atoms. The smallest absolute Gasteiger partial charge is 0.191 e. The highest BCUT2D eigenvalue weighted by Crippen LogP contribution is 2.17. The van der Waals surface area contributed by atoms with E-state index in [1.54, 1.807) is 0 Å². The summed E-state index contributed by atoms with van der Waals surface area (Å²) in [4.78, 5) is 7.11. The van der Waals surface area contributed by atoms with E-state index in [0.717, 1.165) is 45.0 Å². The first-order chi connectivity index (χ1) is 14.1. The lowest BCUT2D eigenvalue weighted by Gasteiger charge is -2.22. The minimum Gasteiger partial charge on any atom is -0.381 e. The van der Waals surface area contributed by atoms with Crippen LogP contribution in [0.2, 0.25) is 0 Å². The van der Waals surface area contributed by atoms with E-state index in [1.165, 1.54) is 20.9 Å². The lowest BCUT2D eigenvalue weighted by molar-refractivity contribution is -0.0390. The van der Waals surface area contributed by atoms with Crippen LogP contribution >= 0.6 is 35.3 Å². The monoisotopic (exact) mass is 543 g/mol. The van der Waals surface area contributed by atoms with Gasteiger partial charge in [0.25, 0.3) is 0 Å². The third-order valence-corrected chi connectivity index (χ3v) is 6.07. The van der Waals surface area contributed by atoms with Crippen molar-refractivity contribution in [3.63, 3.8) is 0 Å². The average Bonchev–Trinajstić information content (AvgIpc) is 3.15. The summed E-state index contributed by atoms with van der Waals surface area (Å²) in [6.45, 7) is 7.38. The van der Waals surface area contributed by atoms with Crippen LogP contribution in [0.3, 0.4) is 0 Å². The Hall–Kier alpha value is -1.16. The maximum Gasteiger partial charge on any atom is 0.191 e. The first-order valence-corrected chi connectivity index (χ1v) is 11.2. The Kier molecular flexibility index (Phi) is 11.1. The quantitative estimate of drug-likeness (QED) is 0.289. The molecule has 0 aliphatic carbocycles. The predicted octanol–water partition coefficient (Wildman–Crippen LogP) is 4.67. The molecule has 0 saturated carbocycles. The van der Waals surface area contributed by atoms with Crippen molar-refractivity contribution in [2.45, 2.75) is 58.4 Å². The Bertz CT molecular complexity index is 773. The maximum absolute atomic E-state index is 5.99. The summed E-state index contributed by atoms with van der Waals surface area (Å²) >= 11 is 1.86. The number of nitrogens with zero attached hydrogens (tertiary/aromatic N) is 1. The largest absolute Gasteiger partial charge is 0.381 e. The van der Waals surface area contributed by atoms with Gasteiger partial charge < -0.3 is 20.1 Å². The summed E-state index contributed by atoms with van der Waals surface area (Å²) in [7, 11) is 1.81. The number of rotatable bonds is 8. The van der Waals surface area contributed by atoms with Gasteiger partial charge >= 0.3 is 0 Å². The van der Waals surface area contributed by atoms with Crippen molar-refractivity contribution >= 4 is 41.3 Å². The SMILES string of the molecule is CN=C(NCc1ccc(COC2CCOCC2)cc1)NC(C)Cc1ccc(C)s1.I. The molecule has 2 N–H and O–H groups in total. The van der Waals surface area contributed by atoms with E-state index in [4.69, 9.17) is 9.47 Å². The molecule has 7 heteroatoms. The first-order valence-electron chi connectivity index (χ1n) is 10.4. The van der Waals surface area contributed by atoms with Crippen LogP contribution < -0.4 is 10.6 Å². The van der Waals surface area contributed by atoms with Crippen molar-refractivity contribution in [2.75, 3.05) is 20.3 Å². The third kappa shape index (κ3) is 8.53. The van der Waals surface area contributed by atoms with Crippen LogP contribution in [0.15, 0.2) is 41.4 Å². The zero-order valence-corrected chi connectivity index (χ0v) is 21.3. The van der Waals surface area contributed by atoms with Crippen molar-refractivity contribution in [3.8, 4) is 0 Å². The van der Waals surface area contributed by atoms with Crippen LogP contribution in [0.5, 0.6) is 0 Å². The average molecular weight is 544 g/mol. The molecule has 1 fully saturated rings. The van der Waals surface area contributed by atoms with Crippen LogP contribution in [0.1, 0.15) is 40.6 Å². The lowest BCUT2D eigenvalue weighted by atomic mass is 10.1. The minimum absolute atomic E-state index is 0. The molecule has 3 rings (SSSR count). The fourth-order valence-corrected chi connectivity index (χ4v) is 4.39. The van der Waals surface area contributed by atoms with Gasteiger partial charge in [-0.25, -0.2) is 0 Å². The predicted molar refractivity (Wildman–Crippen MR) is 136 cm³/mol. The van der Waals surface area contributed by atoms with Crippen molar-refractivity contribution in [1.29, 1.82) is 0 Å². The van der Waals surface area contributed by atoms with Gasteiger partial charge in [0.2, 0.25) is 0 Å². The Morgan fingerprint density at radius 3 is 2.50 bits per heavy atom. The van der Waals surface area contributed by atoms with E-state index < -0.39 is 0 Å². The van der Waals surface area contributed by atoms with Gasteiger partial charge in [-0.05, 0) is 49.9 Å². The van der Waals surface area contributed by atoms with Crippen LogP contribution in [0.25, 0.3) is 0 Å². The van der Waals surface area contributed by atoms with E-state index in [9.17, 15) is 0 Å². The molecule has 2 aromatic rings. The summed E-state index contributed by atoms with van der Waals surface area (Å²) in [5, 5.41) is 6.89. The molecule has 1 aromatic heterocycles. The molecule has 1 aliphatic heterocycles. The highest BCUT2D eigenvalue weighted by atomic mass is 127. The molecule has 2 heterocycles. The summed E-state index contributed by atoms with van der Waals surface area (Å²) in [5.74, 6) is 0.831. The first kappa shape index (κ1) is 25.1. The zero-order valence-electron chi connectivity index (χ0n) is 18.1. The Labute approximate surface area is 201 Å². The molecule has 1 saturated heterocycles. The van der Waals surface area contributed by atoms with Gasteiger partial charge in [-0.1, -0.05) is 24.3 Å². The van der Waals surface area contributed by atoms with E-state index >= 15 is 0 Å². The third-order valence-electron chi connectivity index (χ3n) is 5.05. The summed E-state index contributed by atoms with van der Waals surface area (Å²) in [6.07, 6.45) is 3.33. The highest BCUT2D eigenvalue weighted by Gasteiger charge is 2.14. The van der Waals surface area contributed by atoms with Gasteiger partial charge in [-0.2, -0.15) is 0 Å². The van der Waals surface area contributed by atoms with Crippen molar-refractivity contribution < 1.29 is 9.47 Å². The molecule has 1 aromatic carbocycles. The van der Waals surface area contributed by atoms with Crippen molar-refractivity contribution in [2.24, 2.45) is 4.99 Å². The van der Waals surface area contributed by atoms with Crippen LogP contribution in [0, 0.1) is 6.92 Å². The number of aryl methyl sites for hydroxylation is 1. The van der Waals surface area contributed by atoms with Gasteiger partial charge in [-0.15, -0.1) is 35.3 Å². The molecule has 166 valence electrons. The maximum atomic E-state index is 5.99. The molecule has 0 radical (unpaired) electrons. The molecule has 1 aliphatic rings. The molecular weight excluding hydrogens is 509 g/mol. The number of halogens is 1. The topological polar surface area (TPSA) is 54.9 Å². The molecule has 0 amide bonds. The Balaban J connectivity index is 0.00000320. The van der Waals surface area contributed by atoms with Crippen molar-refractivity contribution in [1.82, 2.24) is 10.6 Å². The molecule has 30 heavy (non-hydrogen) atoms. The Morgan fingerprint density at radius 2 is 1.87 bits per heavy atom. The molecule has 0 bridgehead atoms. The number of thiophene rings is 1. The van der Waals surface area contributed by atoms with E-state index in [0.29, 0.717) is 18.8 Å². The molecule has 5 nitrogen and oxygen atoms in total. The van der Waals surface area contributed by atoms with E-state index in [2.05, 4.69) is 65.9 Å². The van der Waals surface area contributed by atoms with E-state index in [-0.39, 0.29) is 24.0 Å². The molecule has 1 unspecified atom stereocenters. The van der Waals surface area contributed by atoms with Gasteiger partial charge in [0.05, 0.1) is 12.7 Å². The minimum atomic E-state index is 0. The fourth-order valence-electron chi connectivity index (χ4n) is 3.37. The standard InChI is InChI=1S/C23H33N3O2S.HI/c1-17(14-22-9-4-18(2)29-22)26-23(24-3)25-15-19-5-7-20(8-6-19)16-28-21-10-12-27-13-11-21;/h4-9,17,21H,10-16H2,1-3H3,(H2,24,25,26);1H. The molecular formula is C23H34IN3O2S. The second-order valence-electron chi connectivity index (χ2n) is 7.63. The fraction of sp³-hybridized carbons (Fsp3) is 0.522. The normalized spacial score (nSPS) is 16.0. The number of nitrogens with one attached hydrogen (secondary N) is 2. The summed E-state index contributed by atoms with van der Waals surface area (Å²) < 4.78 is 11.4. The van der Waals surface area contributed by atoms with Gasteiger partial charge in [0.1, 0.15) is 0 Å². The van der Waals surface area contributed by atoms with Gasteiger partial charge in [-0.3, -0.25) is 4.99 Å². The van der Waals surface area contributed by atoms with Crippen molar-refractivity contribution in [3.05, 3.63) is 57.3 Å². The number of hydrogen-bond acceptors (Lipinski definition) is 4. The van der Waals surface area contributed by atoms with E-state index in [1.807, 2.05) is 18.4 Å². The summed E-state index contributed by atoms with van der Waals surface area (Å²) in [6, 6.07) is 13.3.